The fourth-order valence-electron chi connectivity index (χ4n) is 2.25. The zero-order valence-corrected chi connectivity index (χ0v) is 11.7. The zero-order chi connectivity index (χ0) is 14.8. The van der Waals surface area contributed by atoms with Gasteiger partial charge in [0.15, 0.2) is 0 Å². The van der Waals surface area contributed by atoms with Crippen LogP contribution in [0.1, 0.15) is 19.3 Å². The van der Waals surface area contributed by atoms with Crippen LogP contribution in [0.4, 0.5) is 8.78 Å². The van der Waals surface area contributed by atoms with Crippen molar-refractivity contribution >= 4 is 15.9 Å². The highest BCUT2D eigenvalue weighted by Crippen LogP contribution is 2.25. The van der Waals surface area contributed by atoms with Gasteiger partial charge in [-0.1, -0.05) is 6.42 Å². The fraction of sp³-hybridized carbons (Fsp3) is 0.909. The Kier molecular flexibility index (Phi) is 4.92. The molecular formula is C11H18F2N2O4S. The van der Waals surface area contributed by atoms with E-state index in [4.69, 9.17) is 4.74 Å². The number of alkyl halides is 2. The first kappa shape index (κ1) is 15.6. The van der Waals surface area contributed by atoms with E-state index in [-0.39, 0.29) is 19.8 Å². The summed E-state index contributed by atoms with van der Waals surface area (Å²) in [6, 6.07) is -0.979. The molecule has 0 aromatic rings. The van der Waals surface area contributed by atoms with Gasteiger partial charge in [0.05, 0.1) is 25.0 Å². The second-order valence-electron chi connectivity index (χ2n) is 5.04. The maximum absolute atomic E-state index is 12.5. The number of nitrogens with one attached hydrogen (secondary N) is 1. The summed E-state index contributed by atoms with van der Waals surface area (Å²) in [4.78, 5) is 13.3. The second kappa shape index (κ2) is 6.31. The molecule has 0 aromatic heterocycles. The molecule has 1 amide bonds. The number of carbonyl (C=O) groups excluding carboxylic acids is 1. The maximum atomic E-state index is 12.5. The first-order valence-corrected chi connectivity index (χ1v) is 8.10. The Bertz CT molecular complexity index is 453. The molecule has 0 aromatic carbocycles. The molecular weight excluding hydrogens is 294 g/mol. The van der Waals surface area contributed by atoms with E-state index in [1.54, 1.807) is 0 Å². The molecule has 116 valence electrons. The summed E-state index contributed by atoms with van der Waals surface area (Å²) >= 11 is 0. The van der Waals surface area contributed by atoms with E-state index in [9.17, 15) is 22.0 Å². The Morgan fingerprint density at radius 1 is 1.40 bits per heavy atom. The molecule has 2 aliphatic rings. The number of ether oxygens (including phenoxy) is 1. The Morgan fingerprint density at radius 2 is 2.10 bits per heavy atom. The van der Waals surface area contributed by atoms with Crippen molar-refractivity contribution in [2.24, 2.45) is 0 Å². The van der Waals surface area contributed by atoms with E-state index in [0.717, 1.165) is 6.42 Å². The monoisotopic (exact) mass is 312 g/mol. The number of nitrogens with zero attached hydrogens (tertiary/aromatic N) is 1. The van der Waals surface area contributed by atoms with Gasteiger partial charge in [-0.3, -0.25) is 14.4 Å². The van der Waals surface area contributed by atoms with Crippen LogP contribution in [-0.2, 0) is 19.6 Å². The summed E-state index contributed by atoms with van der Waals surface area (Å²) in [5.41, 5.74) is 0. The van der Waals surface area contributed by atoms with Crippen LogP contribution < -0.4 is 4.72 Å². The van der Waals surface area contributed by atoms with Crippen LogP contribution in [-0.4, -0.2) is 63.2 Å². The van der Waals surface area contributed by atoms with Crippen molar-refractivity contribution < 1.29 is 26.7 Å². The van der Waals surface area contributed by atoms with Crippen LogP contribution in [0.5, 0.6) is 0 Å². The van der Waals surface area contributed by atoms with Crippen molar-refractivity contribution in [1.29, 1.82) is 0 Å². The minimum Gasteiger partial charge on any atom is -0.378 e. The minimum absolute atomic E-state index is 0.0707. The average molecular weight is 312 g/mol. The fourth-order valence-corrected chi connectivity index (χ4v) is 3.79. The average Bonchev–Trinajstić information content (AvgIpc) is 2.24. The molecule has 1 saturated carbocycles. The van der Waals surface area contributed by atoms with Crippen molar-refractivity contribution in [1.82, 2.24) is 9.62 Å². The smallest absolute Gasteiger partial charge is 0.253 e. The van der Waals surface area contributed by atoms with Gasteiger partial charge >= 0.3 is 0 Å². The Morgan fingerprint density at radius 3 is 2.65 bits per heavy atom. The van der Waals surface area contributed by atoms with Gasteiger partial charge < -0.3 is 4.74 Å². The maximum Gasteiger partial charge on any atom is 0.253 e. The molecule has 2 rings (SSSR count). The molecule has 20 heavy (non-hydrogen) atoms. The molecule has 6 nitrogen and oxygen atoms in total. The Hall–Kier alpha value is -0.800. The van der Waals surface area contributed by atoms with E-state index >= 15 is 0 Å². The van der Waals surface area contributed by atoms with Crippen molar-refractivity contribution in [2.75, 3.05) is 26.3 Å². The highest BCUT2D eigenvalue weighted by atomic mass is 32.2. The number of halogens is 2. The predicted molar refractivity (Wildman–Crippen MR) is 66.9 cm³/mol. The van der Waals surface area contributed by atoms with Crippen LogP contribution in [0, 0.1) is 0 Å². The summed E-state index contributed by atoms with van der Waals surface area (Å²) in [7, 11) is -3.69. The van der Waals surface area contributed by atoms with Crippen LogP contribution in [0.3, 0.4) is 0 Å². The number of rotatable bonds is 5. The molecule has 0 unspecified atom stereocenters. The SMILES string of the molecule is O=C(NS(=O)(=O)C1CCC1)[C@H]1COCCN1CC(F)F. The van der Waals surface area contributed by atoms with E-state index in [1.807, 2.05) is 4.72 Å². The molecule has 9 heteroatoms. The number of hydrogen-bond acceptors (Lipinski definition) is 5. The highest BCUT2D eigenvalue weighted by molar-refractivity contribution is 7.90. The van der Waals surface area contributed by atoms with Crippen molar-refractivity contribution in [3.05, 3.63) is 0 Å². The van der Waals surface area contributed by atoms with E-state index in [1.165, 1.54) is 4.90 Å². The summed E-state index contributed by atoms with van der Waals surface area (Å²) in [5, 5.41) is -0.542. The number of hydrogen-bond donors (Lipinski definition) is 1. The number of amides is 1. The number of carbonyl (C=O) groups is 1. The van der Waals surface area contributed by atoms with Crippen molar-refractivity contribution in [3.8, 4) is 0 Å². The molecule has 1 saturated heterocycles. The van der Waals surface area contributed by atoms with Crippen LogP contribution in [0.25, 0.3) is 0 Å². The van der Waals surface area contributed by atoms with E-state index in [0.29, 0.717) is 12.8 Å². The molecule has 1 heterocycles. The van der Waals surface area contributed by atoms with Crippen LogP contribution in [0.15, 0.2) is 0 Å². The van der Waals surface area contributed by atoms with Gasteiger partial charge in [-0.2, -0.15) is 0 Å². The van der Waals surface area contributed by atoms with Crippen LogP contribution >= 0.6 is 0 Å². The van der Waals surface area contributed by atoms with E-state index < -0.39 is 40.2 Å². The van der Waals surface area contributed by atoms with E-state index in [2.05, 4.69) is 0 Å². The Labute approximate surface area is 116 Å². The molecule has 2 fully saturated rings. The predicted octanol–water partition coefficient (Wildman–Crippen LogP) is -0.0492. The minimum atomic E-state index is -3.69. The lowest BCUT2D eigenvalue weighted by atomic mass is 10.0. The summed E-state index contributed by atoms with van der Waals surface area (Å²) in [6.45, 7) is -0.193. The summed E-state index contributed by atoms with van der Waals surface area (Å²) < 4.78 is 55.7. The molecule has 0 radical (unpaired) electrons. The molecule has 1 aliphatic heterocycles. The van der Waals surface area contributed by atoms with Gasteiger partial charge in [-0.05, 0) is 12.8 Å². The quantitative estimate of drug-likeness (QED) is 0.770. The molecule has 0 spiro atoms. The largest absolute Gasteiger partial charge is 0.378 e. The number of morpholine rings is 1. The van der Waals surface area contributed by atoms with Gasteiger partial charge in [-0.25, -0.2) is 17.2 Å². The third kappa shape index (κ3) is 3.64. The van der Waals surface area contributed by atoms with Gasteiger partial charge in [0.2, 0.25) is 10.0 Å². The van der Waals surface area contributed by atoms with Gasteiger partial charge in [-0.15, -0.1) is 0 Å². The summed E-state index contributed by atoms with van der Waals surface area (Å²) in [6.07, 6.45) is -0.689. The van der Waals surface area contributed by atoms with Gasteiger partial charge in [0.1, 0.15) is 6.04 Å². The highest BCUT2D eigenvalue weighted by Gasteiger charge is 2.37. The standard InChI is InChI=1S/C11H18F2N2O4S/c12-10(13)6-15-4-5-19-7-9(15)11(16)14-20(17,18)8-2-1-3-8/h8-10H,1-7H2,(H,14,16)/t9-/m1/s1. The zero-order valence-electron chi connectivity index (χ0n) is 10.9. The first-order valence-electron chi connectivity index (χ1n) is 6.55. The van der Waals surface area contributed by atoms with Crippen molar-refractivity contribution in [3.63, 3.8) is 0 Å². The third-order valence-corrected chi connectivity index (χ3v) is 5.48. The second-order valence-corrected chi connectivity index (χ2v) is 7.00. The van der Waals surface area contributed by atoms with Crippen LogP contribution in [0.2, 0.25) is 0 Å². The molecule has 1 atom stereocenters. The lowest BCUT2D eigenvalue weighted by Crippen LogP contribution is -2.57. The van der Waals surface area contributed by atoms with Gasteiger partial charge in [0, 0.05) is 6.54 Å². The molecule has 1 N–H and O–H groups in total. The lowest BCUT2D eigenvalue weighted by Gasteiger charge is -2.34. The molecule has 1 aliphatic carbocycles. The topological polar surface area (TPSA) is 75.7 Å². The van der Waals surface area contributed by atoms with Gasteiger partial charge in [0.25, 0.3) is 12.3 Å². The lowest BCUT2D eigenvalue weighted by molar-refractivity contribution is -0.132. The number of sulfonamides is 1. The van der Waals surface area contributed by atoms with Crippen molar-refractivity contribution in [2.45, 2.75) is 37.0 Å². The normalized spacial score (nSPS) is 25.4. The first-order chi connectivity index (χ1) is 9.40. The Balaban J connectivity index is 1.98. The summed E-state index contributed by atoms with van der Waals surface area (Å²) in [5.74, 6) is -0.780. The third-order valence-electron chi connectivity index (χ3n) is 3.65. The molecule has 0 bridgehead atoms.